The molecule has 2 aromatic rings. The second-order valence-corrected chi connectivity index (χ2v) is 11.1. The van der Waals surface area contributed by atoms with E-state index in [4.69, 9.17) is 6.42 Å². The van der Waals surface area contributed by atoms with Crippen molar-refractivity contribution in [2.75, 3.05) is 54.8 Å². The van der Waals surface area contributed by atoms with E-state index in [0.29, 0.717) is 49.1 Å². The fraction of sp³-hybridized carbons (Fsp3) is 0.409. The molecule has 0 bridgehead atoms. The third-order valence-electron chi connectivity index (χ3n) is 5.53. The van der Waals surface area contributed by atoms with Crippen molar-refractivity contribution in [2.45, 2.75) is 11.4 Å². The summed E-state index contributed by atoms with van der Waals surface area (Å²) in [6.45, 7) is 3.26. The van der Waals surface area contributed by atoms with Gasteiger partial charge in [-0.3, -0.25) is 20.0 Å². The van der Waals surface area contributed by atoms with Crippen molar-refractivity contribution in [2.24, 2.45) is 0 Å². The van der Waals surface area contributed by atoms with E-state index >= 15 is 0 Å². The smallest absolute Gasteiger partial charge is 0.272 e. The number of alkyl halides is 2. The Labute approximate surface area is 216 Å². The van der Waals surface area contributed by atoms with Gasteiger partial charge in [0.1, 0.15) is 4.90 Å². The Bertz CT molecular complexity index is 1140. The zero-order valence-corrected chi connectivity index (χ0v) is 22.4. The first-order valence-electron chi connectivity index (χ1n) is 10.6. The average molecular weight is 615 g/mol. The van der Waals surface area contributed by atoms with Gasteiger partial charge in [-0.1, -0.05) is 43.8 Å². The Balaban J connectivity index is 1.95. The molecule has 0 spiro atoms. The fourth-order valence-corrected chi connectivity index (χ4v) is 6.42. The molecule has 0 unspecified atom stereocenters. The van der Waals surface area contributed by atoms with Gasteiger partial charge in [-0.15, -0.1) is 6.42 Å². The molecule has 0 radical (unpaired) electrons. The van der Waals surface area contributed by atoms with Crippen LogP contribution in [0.15, 0.2) is 41.6 Å². The highest BCUT2D eigenvalue weighted by atomic mass is 79.9. The average Bonchev–Trinajstić information content (AvgIpc) is 2.84. The molecule has 1 aliphatic heterocycles. The number of piperazine rings is 1. The zero-order valence-electron chi connectivity index (χ0n) is 18.4. The van der Waals surface area contributed by atoms with E-state index in [2.05, 4.69) is 47.7 Å². The molecule has 0 saturated carbocycles. The van der Waals surface area contributed by atoms with Crippen molar-refractivity contribution in [3.05, 3.63) is 57.9 Å². The summed E-state index contributed by atoms with van der Waals surface area (Å²) >= 11 is 6.80. The summed E-state index contributed by atoms with van der Waals surface area (Å²) in [5, 5.41) is 12.7. The van der Waals surface area contributed by atoms with Gasteiger partial charge >= 0.3 is 0 Å². The molecule has 9 nitrogen and oxygen atoms in total. The molecule has 0 atom stereocenters. The van der Waals surface area contributed by atoms with Crippen LogP contribution in [-0.4, -0.2) is 77.5 Å². The van der Waals surface area contributed by atoms with Gasteiger partial charge in [0.25, 0.3) is 5.69 Å². The summed E-state index contributed by atoms with van der Waals surface area (Å²) in [6.07, 6.45) is 9.19. The molecule has 2 heterocycles. The molecule has 1 fully saturated rings. The Hall–Kier alpha value is -2.04. The number of aromatic nitrogens is 1. The highest BCUT2D eigenvalue weighted by molar-refractivity contribution is 9.09. The van der Waals surface area contributed by atoms with Crippen LogP contribution in [0.5, 0.6) is 0 Å². The number of benzene rings is 1. The van der Waals surface area contributed by atoms with Crippen molar-refractivity contribution in [3.8, 4) is 12.3 Å². The number of sulfonamides is 1. The van der Waals surface area contributed by atoms with E-state index in [9.17, 15) is 18.5 Å². The number of nitrogens with zero attached hydrogens (tertiary/aromatic N) is 5. The molecule has 0 N–H and O–H groups in total. The topological polar surface area (TPSA) is 99.9 Å². The van der Waals surface area contributed by atoms with E-state index < -0.39 is 14.9 Å². The van der Waals surface area contributed by atoms with Crippen LogP contribution in [0.1, 0.15) is 11.1 Å². The molecule has 1 aromatic carbocycles. The summed E-state index contributed by atoms with van der Waals surface area (Å²) in [6, 6.07) is 6.24. The number of terminal acetylenes is 1. The predicted molar refractivity (Wildman–Crippen MR) is 139 cm³/mol. The van der Waals surface area contributed by atoms with Crippen LogP contribution in [0.25, 0.3) is 0 Å². The van der Waals surface area contributed by atoms with Gasteiger partial charge in [0.15, 0.2) is 0 Å². The van der Waals surface area contributed by atoms with Gasteiger partial charge in [0.2, 0.25) is 10.0 Å². The maximum Gasteiger partial charge on any atom is 0.272 e. The third-order valence-corrected chi connectivity index (χ3v) is 8.15. The second-order valence-electron chi connectivity index (χ2n) is 7.65. The summed E-state index contributed by atoms with van der Waals surface area (Å²) in [5.74, 6) is 2.46. The van der Waals surface area contributed by atoms with E-state index in [1.54, 1.807) is 12.4 Å². The van der Waals surface area contributed by atoms with Gasteiger partial charge < -0.3 is 4.90 Å². The normalized spacial score (nSPS) is 15.1. The lowest BCUT2D eigenvalue weighted by Crippen LogP contribution is -2.48. The van der Waals surface area contributed by atoms with Crippen LogP contribution in [0.2, 0.25) is 0 Å². The largest absolute Gasteiger partial charge is 0.368 e. The quantitative estimate of drug-likeness (QED) is 0.175. The molecule has 0 amide bonds. The highest BCUT2D eigenvalue weighted by Gasteiger charge is 2.34. The van der Waals surface area contributed by atoms with Crippen molar-refractivity contribution >= 4 is 53.3 Å². The molecular formula is C22H25Br2N5O4S. The van der Waals surface area contributed by atoms with Crippen LogP contribution < -0.4 is 4.90 Å². The number of halogens is 2. The highest BCUT2D eigenvalue weighted by Crippen LogP contribution is 2.36. The van der Waals surface area contributed by atoms with Crippen LogP contribution in [0.4, 0.5) is 11.4 Å². The van der Waals surface area contributed by atoms with E-state index in [1.165, 1.54) is 10.4 Å². The Morgan fingerprint density at radius 2 is 1.85 bits per heavy atom. The molecule has 182 valence electrons. The molecule has 0 aliphatic carbocycles. The number of nitro benzene ring substituents is 1. The van der Waals surface area contributed by atoms with Gasteiger partial charge in [0.05, 0.1) is 16.2 Å². The molecule has 3 rings (SSSR count). The van der Waals surface area contributed by atoms with Crippen LogP contribution >= 0.6 is 31.9 Å². The first kappa shape index (κ1) is 26.6. The Morgan fingerprint density at radius 3 is 2.38 bits per heavy atom. The maximum atomic E-state index is 13.8. The van der Waals surface area contributed by atoms with Crippen LogP contribution in [0, 0.1) is 22.5 Å². The summed E-state index contributed by atoms with van der Waals surface area (Å²) in [7, 11) is -4.04. The number of hydrogen-bond donors (Lipinski definition) is 0. The number of rotatable bonds is 10. The number of nitro groups is 1. The molecular weight excluding hydrogens is 590 g/mol. The number of non-ortho nitro benzene ring substituents is 1. The minimum atomic E-state index is -4.04. The van der Waals surface area contributed by atoms with Gasteiger partial charge in [-0.2, -0.15) is 4.31 Å². The lowest BCUT2D eigenvalue weighted by molar-refractivity contribution is -0.385. The Morgan fingerprint density at radius 1 is 1.18 bits per heavy atom. The van der Waals surface area contributed by atoms with E-state index in [-0.39, 0.29) is 29.2 Å². The van der Waals surface area contributed by atoms with E-state index in [0.717, 1.165) is 11.6 Å². The van der Waals surface area contributed by atoms with Crippen LogP contribution in [0.3, 0.4) is 0 Å². The van der Waals surface area contributed by atoms with E-state index in [1.807, 2.05) is 17.0 Å². The SMILES string of the molecule is C#Cc1cc([N+](=O)[O-])cc(S(=O)(=O)N2CCN(Cc3cccnc3)CC2)c1N(CCBr)CCBr. The summed E-state index contributed by atoms with van der Waals surface area (Å²) in [5.41, 5.74) is 1.22. The first-order valence-corrected chi connectivity index (χ1v) is 14.3. The lowest BCUT2D eigenvalue weighted by Gasteiger charge is -2.35. The number of pyridine rings is 1. The predicted octanol–water partition coefficient (Wildman–Crippen LogP) is 3.07. The molecule has 1 aromatic heterocycles. The van der Waals surface area contributed by atoms with Crippen molar-refractivity contribution in [1.29, 1.82) is 0 Å². The van der Waals surface area contributed by atoms with Gasteiger partial charge in [-0.25, -0.2) is 8.42 Å². The minimum Gasteiger partial charge on any atom is -0.368 e. The molecule has 12 heteroatoms. The summed E-state index contributed by atoms with van der Waals surface area (Å²) < 4.78 is 29.0. The van der Waals surface area contributed by atoms with Crippen molar-refractivity contribution < 1.29 is 13.3 Å². The van der Waals surface area contributed by atoms with Gasteiger partial charge in [0, 0.05) is 81.0 Å². The zero-order chi connectivity index (χ0) is 24.7. The number of hydrogen-bond acceptors (Lipinski definition) is 7. The lowest BCUT2D eigenvalue weighted by atomic mass is 10.1. The maximum absolute atomic E-state index is 13.8. The second kappa shape index (κ2) is 12.1. The molecule has 34 heavy (non-hydrogen) atoms. The summed E-state index contributed by atoms with van der Waals surface area (Å²) in [4.78, 5) is 18.9. The van der Waals surface area contributed by atoms with Gasteiger partial charge in [-0.05, 0) is 11.6 Å². The monoisotopic (exact) mass is 613 g/mol. The fourth-order valence-electron chi connectivity index (χ4n) is 3.89. The molecule has 1 saturated heterocycles. The van der Waals surface area contributed by atoms with Crippen molar-refractivity contribution in [1.82, 2.24) is 14.2 Å². The number of anilines is 1. The molecule has 1 aliphatic rings. The Kier molecular flexibility index (Phi) is 9.44. The minimum absolute atomic E-state index is 0.128. The first-order chi connectivity index (χ1) is 16.3. The van der Waals surface area contributed by atoms with Crippen LogP contribution in [-0.2, 0) is 16.6 Å². The van der Waals surface area contributed by atoms with Crippen molar-refractivity contribution in [3.63, 3.8) is 0 Å². The third kappa shape index (κ3) is 6.14. The standard InChI is InChI=1S/C22H25Br2N5O4S/c1-2-19-14-20(29(30)31)15-21(22(19)27(8-5-23)9-6-24)34(32,33)28-12-10-26(11-13-28)17-18-4-3-7-25-16-18/h1,3-4,7,14-16H,5-6,8-13,17H2.